The molecule has 2 rings (SSSR count). The van der Waals surface area contributed by atoms with Gasteiger partial charge in [-0.25, -0.2) is 13.1 Å². The molecule has 0 radical (unpaired) electrons. The van der Waals surface area contributed by atoms with Crippen molar-refractivity contribution in [3.8, 4) is 0 Å². The summed E-state index contributed by atoms with van der Waals surface area (Å²) < 4.78 is 27.6. The van der Waals surface area contributed by atoms with E-state index in [1.165, 1.54) is 6.07 Å². The van der Waals surface area contributed by atoms with E-state index in [1.54, 1.807) is 19.1 Å². The van der Waals surface area contributed by atoms with Crippen LogP contribution in [0.15, 0.2) is 23.1 Å². The lowest BCUT2D eigenvalue weighted by Crippen LogP contribution is -2.50. The number of benzene rings is 1. The predicted octanol–water partition coefficient (Wildman–Crippen LogP) is 1.92. The van der Waals surface area contributed by atoms with Crippen LogP contribution in [0.1, 0.15) is 18.9 Å². The Balaban J connectivity index is 2.24. The highest BCUT2D eigenvalue weighted by molar-refractivity contribution is 7.89. The highest BCUT2D eigenvalue weighted by atomic mass is 35.5. The standard InChI is InChI=1S/C13H19ClN2O2S/c1-9-5-6-15-8-12(9)16-19(17,18)13-7-11(14)4-3-10(13)2/h3-4,7,9,12,15-16H,5-6,8H2,1-2H3. The molecule has 1 aromatic carbocycles. The van der Waals surface area contributed by atoms with Crippen LogP contribution in [0.5, 0.6) is 0 Å². The molecule has 0 amide bonds. The summed E-state index contributed by atoms with van der Waals surface area (Å²) in [5.74, 6) is 0.329. The van der Waals surface area contributed by atoms with Crippen LogP contribution in [-0.4, -0.2) is 27.5 Å². The van der Waals surface area contributed by atoms with Crippen LogP contribution in [0.3, 0.4) is 0 Å². The highest BCUT2D eigenvalue weighted by Crippen LogP contribution is 2.21. The zero-order valence-corrected chi connectivity index (χ0v) is 12.7. The van der Waals surface area contributed by atoms with E-state index in [9.17, 15) is 8.42 Å². The van der Waals surface area contributed by atoms with Crippen LogP contribution < -0.4 is 10.0 Å². The number of rotatable bonds is 3. The van der Waals surface area contributed by atoms with Gasteiger partial charge in [0.25, 0.3) is 0 Å². The number of hydrogen-bond acceptors (Lipinski definition) is 3. The predicted molar refractivity (Wildman–Crippen MR) is 76.9 cm³/mol. The number of nitrogens with one attached hydrogen (secondary N) is 2. The van der Waals surface area contributed by atoms with Crippen molar-refractivity contribution in [1.82, 2.24) is 10.0 Å². The van der Waals surface area contributed by atoms with Crippen LogP contribution in [0.4, 0.5) is 0 Å². The number of hydrogen-bond donors (Lipinski definition) is 2. The second-order valence-electron chi connectivity index (χ2n) is 5.11. The van der Waals surface area contributed by atoms with E-state index in [-0.39, 0.29) is 10.9 Å². The first-order valence-electron chi connectivity index (χ1n) is 6.39. The summed E-state index contributed by atoms with van der Waals surface area (Å²) in [5, 5.41) is 3.64. The van der Waals surface area contributed by atoms with Crippen LogP contribution in [0, 0.1) is 12.8 Å². The van der Waals surface area contributed by atoms with E-state index in [1.807, 2.05) is 0 Å². The van der Waals surface area contributed by atoms with Gasteiger partial charge in [0.1, 0.15) is 0 Å². The normalized spacial score (nSPS) is 24.4. The Morgan fingerprint density at radius 1 is 1.42 bits per heavy atom. The van der Waals surface area contributed by atoms with Gasteiger partial charge in [0, 0.05) is 17.6 Å². The van der Waals surface area contributed by atoms with Gasteiger partial charge in [-0.15, -0.1) is 0 Å². The van der Waals surface area contributed by atoms with E-state index < -0.39 is 10.0 Å². The molecule has 6 heteroatoms. The molecule has 0 spiro atoms. The Hall–Kier alpha value is -0.620. The highest BCUT2D eigenvalue weighted by Gasteiger charge is 2.27. The maximum absolute atomic E-state index is 12.4. The van der Waals surface area contributed by atoms with Crippen molar-refractivity contribution in [3.05, 3.63) is 28.8 Å². The lowest BCUT2D eigenvalue weighted by atomic mass is 9.96. The molecule has 0 aliphatic carbocycles. The van der Waals surface area contributed by atoms with Gasteiger partial charge in [-0.05, 0) is 43.5 Å². The summed E-state index contributed by atoms with van der Waals surface area (Å²) in [4.78, 5) is 0.262. The van der Waals surface area contributed by atoms with Crippen molar-refractivity contribution in [2.24, 2.45) is 5.92 Å². The molecule has 1 aromatic rings. The van der Waals surface area contributed by atoms with Gasteiger partial charge in [-0.3, -0.25) is 0 Å². The third-order valence-electron chi connectivity index (χ3n) is 3.57. The fraction of sp³-hybridized carbons (Fsp3) is 0.538. The molecule has 2 atom stereocenters. The minimum atomic E-state index is -3.52. The average molecular weight is 303 g/mol. The van der Waals surface area contributed by atoms with Crippen molar-refractivity contribution >= 4 is 21.6 Å². The van der Waals surface area contributed by atoms with E-state index >= 15 is 0 Å². The maximum atomic E-state index is 12.4. The molecule has 0 bridgehead atoms. The van der Waals surface area contributed by atoms with Crippen LogP contribution in [0.2, 0.25) is 5.02 Å². The van der Waals surface area contributed by atoms with Gasteiger partial charge in [-0.1, -0.05) is 24.6 Å². The third-order valence-corrected chi connectivity index (χ3v) is 5.44. The third kappa shape index (κ3) is 3.48. The summed E-state index contributed by atoms with van der Waals surface area (Å²) in [5.41, 5.74) is 0.702. The lowest BCUT2D eigenvalue weighted by molar-refractivity contribution is 0.327. The van der Waals surface area contributed by atoms with Gasteiger partial charge < -0.3 is 5.32 Å². The summed E-state index contributed by atoms with van der Waals surface area (Å²) >= 11 is 5.89. The number of piperidine rings is 1. The quantitative estimate of drug-likeness (QED) is 0.897. The Bertz CT molecular complexity index is 560. The first-order chi connectivity index (χ1) is 8.90. The smallest absolute Gasteiger partial charge is 0.241 e. The van der Waals surface area contributed by atoms with Gasteiger partial charge in [-0.2, -0.15) is 0 Å². The summed E-state index contributed by atoms with van der Waals surface area (Å²) in [6, 6.07) is 4.84. The molecule has 106 valence electrons. The van der Waals surface area contributed by atoms with E-state index in [0.717, 1.165) is 13.0 Å². The average Bonchev–Trinajstić information content (AvgIpc) is 2.35. The Morgan fingerprint density at radius 3 is 2.84 bits per heavy atom. The van der Waals surface area contributed by atoms with Gasteiger partial charge in [0.15, 0.2) is 0 Å². The van der Waals surface area contributed by atoms with Crippen molar-refractivity contribution in [2.45, 2.75) is 31.2 Å². The largest absolute Gasteiger partial charge is 0.315 e. The molecule has 19 heavy (non-hydrogen) atoms. The monoisotopic (exact) mass is 302 g/mol. The summed E-state index contributed by atoms with van der Waals surface area (Å²) in [7, 11) is -3.52. The van der Waals surface area contributed by atoms with Crippen LogP contribution in [-0.2, 0) is 10.0 Å². The number of halogens is 1. The molecule has 1 saturated heterocycles. The molecule has 1 aliphatic rings. The minimum absolute atomic E-state index is 0.0721. The molecule has 2 N–H and O–H groups in total. The van der Waals surface area contributed by atoms with E-state index in [4.69, 9.17) is 11.6 Å². The molecule has 2 unspecified atom stereocenters. The second kappa shape index (κ2) is 5.79. The Kier molecular flexibility index (Phi) is 4.50. The fourth-order valence-electron chi connectivity index (χ4n) is 2.27. The second-order valence-corrected chi connectivity index (χ2v) is 7.23. The minimum Gasteiger partial charge on any atom is -0.315 e. The van der Waals surface area contributed by atoms with Crippen LogP contribution >= 0.6 is 11.6 Å². The number of aryl methyl sites for hydroxylation is 1. The van der Waals surface area contributed by atoms with Gasteiger partial charge in [0.2, 0.25) is 10.0 Å². The zero-order valence-electron chi connectivity index (χ0n) is 11.1. The molecule has 1 fully saturated rings. The molecule has 1 aliphatic heterocycles. The first kappa shape index (κ1) is 14.8. The van der Waals surface area contributed by atoms with Crippen LogP contribution in [0.25, 0.3) is 0 Å². The Labute approximate surface area is 119 Å². The van der Waals surface area contributed by atoms with Crippen molar-refractivity contribution in [3.63, 3.8) is 0 Å². The van der Waals surface area contributed by atoms with E-state index in [0.29, 0.717) is 23.0 Å². The SMILES string of the molecule is Cc1ccc(Cl)cc1S(=O)(=O)NC1CNCCC1C. The molecule has 1 heterocycles. The van der Waals surface area contributed by atoms with Gasteiger partial charge in [0.05, 0.1) is 4.90 Å². The molecule has 4 nitrogen and oxygen atoms in total. The van der Waals surface area contributed by atoms with Crippen molar-refractivity contribution in [2.75, 3.05) is 13.1 Å². The van der Waals surface area contributed by atoms with E-state index in [2.05, 4.69) is 17.0 Å². The molecule has 0 aromatic heterocycles. The van der Waals surface area contributed by atoms with Crippen molar-refractivity contribution < 1.29 is 8.42 Å². The van der Waals surface area contributed by atoms with Crippen molar-refractivity contribution in [1.29, 1.82) is 0 Å². The summed E-state index contributed by atoms with van der Waals surface area (Å²) in [6.45, 7) is 5.45. The maximum Gasteiger partial charge on any atom is 0.241 e. The topological polar surface area (TPSA) is 58.2 Å². The molecular weight excluding hydrogens is 284 g/mol. The summed E-state index contributed by atoms with van der Waals surface area (Å²) in [6.07, 6.45) is 0.974. The fourth-order valence-corrected chi connectivity index (χ4v) is 4.13. The Morgan fingerprint density at radius 2 is 2.16 bits per heavy atom. The first-order valence-corrected chi connectivity index (χ1v) is 8.25. The van der Waals surface area contributed by atoms with Gasteiger partial charge >= 0.3 is 0 Å². The lowest BCUT2D eigenvalue weighted by Gasteiger charge is -2.30. The molecular formula is C13H19ClN2O2S. The number of sulfonamides is 1. The molecule has 0 saturated carbocycles. The zero-order chi connectivity index (χ0) is 14.0.